The normalized spacial score (nSPS) is 14.3. The number of benzene rings is 1. The first-order chi connectivity index (χ1) is 9.26. The summed E-state index contributed by atoms with van der Waals surface area (Å²) in [6.07, 6.45) is 7.63. The summed E-state index contributed by atoms with van der Waals surface area (Å²) in [5.41, 5.74) is 2.95. The minimum absolute atomic E-state index is 0.508. The molecule has 108 valence electrons. The zero-order valence-electron chi connectivity index (χ0n) is 13.2. The summed E-state index contributed by atoms with van der Waals surface area (Å²) in [7, 11) is 2.10. The molecule has 0 bridgehead atoms. The van der Waals surface area contributed by atoms with Gasteiger partial charge >= 0.3 is 0 Å². The standard InChI is InChI=1S/C18H31N/c1-5-8-12-16(7-3)18(19-4)17-13-9-11-15(14-17)10-6-2/h9,11,13-14,16,18-19H,5-8,10,12H2,1-4H3. The number of hydrogen-bond donors (Lipinski definition) is 1. The van der Waals surface area contributed by atoms with Crippen LogP contribution in [0, 0.1) is 5.92 Å². The van der Waals surface area contributed by atoms with Gasteiger partial charge in [0.2, 0.25) is 0 Å². The van der Waals surface area contributed by atoms with E-state index in [1.807, 2.05) is 0 Å². The topological polar surface area (TPSA) is 12.0 Å². The Morgan fingerprint density at radius 1 is 1.11 bits per heavy atom. The lowest BCUT2D eigenvalue weighted by Gasteiger charge is -2.27. The van der Waals surface area contributed by atoms with Crippen molar-refractivity contribution in [2.75, 3.05) is 7.05 Å². The van der Waals surface area contributed by atoms with E-state index in [9.17, 15) is 0 Å². The Balaban J connectivity index is 2.84. The van der Waals surface area contributed by atoms with E-state index in [1.165, 1.54) is 49.7 Å². The molecule has 1 aromatic carbocycles. The lowest BCUT2D eigenvalue weighted by Crippen LogP contribution is -2.25. The molecule has 0 aliphatic rings. The van der Waals surface area contributed by atoms with Gasteiger partial charge in [-0.2, -0.15) is 0 Å². The van der Waals surface area contributed by atoms with Crippen molar-refractivity contribution in [3.8, 4) is 0 Å². The smallest absolute Gasteiger partial charge is 0.0346 e. The molecule has 0 heterocycles. The highest BCUT2D eigenvalue weighted by atomic mass is 14.9. The van der Waals surface area contributed by atoms with E-state index in [2.05, 4.69) is 57.4 Å². The van der Waals surface area contributed by atoms with Crippen LogP contribution in [0.4, 0.5) is 0 Å². The molecule has 0 spiro atoms. The first kappa shape index (κ1) is 16.2. The second-order valence-corrected chi connectivity index (χ2v) is 5.57. The molecule has 0 saturated heterocycles. The first-order valence-corrected chi connectivity index (χ1v) is 8.02. The summed E-state index contributed by atoms with van der Waals surface area (Å²) >= 11 is 0. The van der Waals surface area contributed by atoms with Gasteiger partial charge in [-0.1, -0.05) is 70.7 Å². The molecule has 19 heavy (non-hydrogen) atoms. The van der Waals surface area contributed by atoms with Crippen LogP contribution in [0.15, 0.2) is 24.3 Å². The number of unbranched alkanes of at least 4 members (excludes halogenated alkanes) is 1. The van der Waals surface area contributed by atoms with Crippen molar-refractivity contribution in [1.82, 2.24) is 5.32 Å². The molecule has 0 aliphatic heterocycles. The van der Waals surface area contributed by atoms with Crippen molar-refractivity contribution in [3.05, 3.63) is 35.4 Å². The molecule has 0 saturated carbocycles. The van der Waals surface area contributed by atoms with E-state index in [-0.39, 0.29) is 0 Å². The summed E-state index contributed by atoms with van der Waals surface area (Å²) in [6, 6.07) is 9.67. The average Bonchev–Trinajstić information content (AvgIpc) is 2.44. The van der Waals surface area contributed by atoms with Gasteiger partial charge in [0.1, 0.15) is 0 Å². The van der Waals surface area contributed by atoms with Crippen LogP contribution in [0.1, 0.15) is 70.0 Å². The largest absolute Gasteiger partial charge is 0.313 e. The molecule has 1 nitrogen and oxygen atoms in total. The van der Waals surface area contributed by atoms with Gasteiger partial charge in [-0.05, 0) is 36.9 Å². The molecule has 0 aromatic heterocycles. The third kappa shape index (κ3) is 4.99. The van der Waals surface area contributed by atoms with E-state index in [0.29, 0.717) is 6.04 Å². The van der Waals surface area contributed by atoms with Gasteiger partial charge in [-0.3, -0.25) is 0 Å². The zero-order chi connectivity index (χ0) is 14.1. The van der Waals surface area contributed by atoms with Crippen molar-refractivity contribution >= 4 is 0 Å². The van der Waals surface area contributed by atoms with Crippen molar-refractivity contribution in [2.24, 2.45) is 5.92 Å². The van der Waals surface area contributed by atoms with E-state index < -0.39 is 0 Å². The Morgan fingerprint density at radius 2 is 1.89 bits per heavy atom. The Bertz CT molecular complexity index is 345. The van der Waals surface area contributed by atoms with Crippen LogP contribution in [0.25, 0.3) is 0 Å². The van der Waals surface area contributed by atoms with Crippen LogP contribution >= 0.6 is 0 Å². The number of nitrogens with one attached hydrogen (secondary N) is 1. The highest BCUT2D eigenvalue weighted by molar-refractivity contribution is 5.26. The maximum absolute atomic E-state index is 3.55. The van der Waals surface area contributed by atoms with E-state index in [0.717, 1.165) is 5.92 Å². The lowest BCUT2D eigenvalue weighted by atomic mass is 9.86. The highest BCUT2D eigenvalue weighted by Gasteiger charge is 2.19. The molecule has 0 amide bonds. The lowest BCUT2D eigenvalue weighted by molar-refractivity contribution is 0.339. The predicted molar refractivity (Wildman–Crippen MR) is 85.5 cm³/mol. The van der Waals surface area contributed by atoms with Crippen LogP contribution in [-0.2, 0) is 6.42 Å². The summed E-state index contributed by atoms with van der Waals surface area (Å²) in [5, 5.41) is 3.55. The van der Waals surface area contributed by atoms with E-state index in [4.69, 9.17) is 0 Å². The van der Waals surface area contributed by atoms with Crippen molar-refractivity contribution in [2.45, 2.75) is 65.3 Å². The Labute approximate surface area is 119 Å². The zero-order valence-corrected chi connectivity index (χ0v) is 13.2. The van der Waals surface area contributed by atoms with Gasteiger partial charge in [0, 0.05) is 6.04 Å². The van der Waals surface area contributed by atoms with Crippen molar-refractivity contribution in [3.63, 3.8) is 0 Å². The van der Waals surface area contributed by atoms with Gasteiger partial charge in [0.05, 0.1) is 0 Å². The Kier molecular flexibility index (Phi) is 7.81. The monoisotopic (exact) mass is 261 g/mol. The molecule has 0 fully saturated rings. The molecule has 2 unspecified atom stereocenters. The van der Waals surface area contributed by atoms with E-state index >= 15 is 0 Å². The van der Waals surface area contributed by atoms with Gasteiger partial charge in [-0.25, -0.2) is 0 Å². The third-order valence-electron chi connectivity index (χ3n) is 4.08. The molecular formula is C18H31N. The molecule has 2 atom stereocenters. The van der Waals surface area contributed by atoms with Crippen LogP contribution < -0.4 is 5.32 Å². The average molecular weight is 261 g/mol. The SMILES string of the molecule is CCCCC(CC)C(NC)c1cccc(CCC)c1. The maximum atomic E-state index is 3.55. The fourth-order valence-corrected chi connectivity index (χ4v) is 2.98. The van der Waals surface area contributed by atoms with Crippen LogP contribution in [0.5, 0.6) is 0 Å². The quantitative estimate of drug-likeness (QED) is 0.651. The Morgan fingerprint density at radius 3 is 2.47 bits per heavy atom. The summed E-state index contributed by atoms with van der Waals surface area (Å²) in [5.74, 6) is 0.752. The van der Waals surface area contributed by atoms with Gasteiger partial charge in [0.15, 0.2) is 0 Å². The summed E-state index contributed by atoms with van der Waals surface area (Å²) in [4.78, 5) is 0. The summed E-state index contributed by atoms with van der Waals surface area (Å²) < 4.78 is 0. The second kappa shape index (κ2) is 9.14. The minimum atomic E-state index is 0.508. The molecule has 1 aromatic rings. The minimum Gasteiger partial charge on any atom is -0.313 e. The number of rotatable bonds is 9. The van der Waals surface area contributed by atoms with Gasteiger partial charge < -0.3 is 5.32 Å². The number of hydrogen-bond acceptors (Lipinski definition) is 1. The fraction of sp³-hybridized carbons (Fsp3) is 0.667. The van der Waals surface area contributed by atoms with Crippen molar-refractivity contribution < 1.29 is 0 Å². The van der Waals surface area contributed by atoms with Crippen LogP contribution in [0.3, 0.4) is 0 Å². The number of aryl methyl sites for hydroxylation is 1. The van der Waals surface area contributed by atoms with Crippen LogP contribution in [0.2, 0.25) is 0 Å². The van der Waals surface area contributed by atoms with Crippen LogP contribution in [-0.4, -0.2) is 7.05 Å². The predicted octanol–water partition coefficient (Wildman–Crippen LogP) is 5.12. The van der Waals surface area contributed by atoms with E-state index in [1.54, 1.807) is 0 Å². The maximum Gasteiger partial charge on any atom is 0.0346 e. The molecule has 1 N–H and O–H groups in total. The second-order valence-electron chi connectivity index (χ2n) is 5.57. The first-order valence-electron chi connectivity index (χ1n) is 8.02. The Hall–Kier alpha value is -0.820. The highest BCUT2D eigenvalue weighted by Crippen LogP contribution is 2.29. The van der Waals surface area contributed by atoms with Gasteiger partial charge in [-0.15, -0.1) is 0 Å². The molecular weight excluding hydrogens is 230 g/mol. The molecule has 1 rings (SSSR count). The fourth-order valence-electron chi connectivity index (χ4n) is 2.98. The summed E-state index contributed by atoms with van der Waals surface area (Å²) in [6.45, 7) is 6.85. The molecule has 1 heteroatoms. The molecule has 0 radical (unpaired) electrons. The van der Waals surface area contributed by atoms with Crippen molar-refractivity contribution in [1.29, 1.82) is 0 Å². The van der Waals surface area contributed by atoms with Gasteiger partial charge in [0.25, 0.3) is 0 Å². The third-order valence-corrected chi connectivity index (χ3v) is 4.08. The molecule has 0 aliphatic carbocycles.